The van der Waals surface area contributed by atoms with Gasteiger partial charge in [0.1, 0.15) is 5.75 Å². The zero-order valence-corrected chi connectivity index (χ0v) is 9.30. The third-order valence-electron chi connectivity index (χ3n) is 2.69. The van der Waals surface area contributed by atoms with Crippen molar-refractivity contribution in [3.05, 3.63) is 36.0 Å². The standard InChI is InChI=1S/C12H13N3O2/c13-9-3-1-2-4-10(9)16-7-11-14-12(17-15-11)8-5-6-8/h1-4,8H,5-7,13H2. The van der Waals surface area contributed by atoms with Gasteiger partial charge in [-0.05, 0) is 25.0 Å². The summed E-state index contributed by atoms with van der Waals surface area (Å²) in [5, 5.41) is 3.87. The second kappa shape index (κ2) is 4.08. The molecule has 0 atom stereocenters. The second-order valence-electron chi connectivity index (χ2n) is 4.15. The van der Waals surface area contributed by atoms with E-state index in [4.69, 9.17) is 15.0 Å². The Hall–Kier alpha value is -2.04. The minimum Gasteiger partial charge on any atom is -0.483 e. The lowest BCUT2D eigenvalue weighted by Gasteiger charge is -2.05. The molecule has 0 radical (unpaired) electrons. The lowest BCUT2D eigenvalue weighted by molar-refractivity contribution is 0.286. The number of para-hydroxylation sites is 2. The highest BCUT2D eigenvalue weighted by molar-refractivity contribution is 5.51. The van der Waals surface area contributed by atoms with Crippen molar-refractivity contribution in [2.24, 2.45) is 0 Å². The van der Waals surface area contributed by atoms with Gasteiger partial charge in [0.15, 0.2) is 6.61 Å². The molecule has 1 aromatic heterocycles. The molecule has 1 aliphatic carbocycles. The van der Waals surface area contributed by atoms with Crippen LogP contribution in [0, 0.1) is 0 Å². The van der Waals surface area contributed by atoms with Crippen LogP contribution < -0.4 is 10.5 Å². The van der Waals surface area contributed by atoms with Gasteiger partial charge in [-0.3, -0.25) is 0 Å². The molecule has 1 fully saturated rings. The van der Waals surface area contributed by atoms with Crippen molar-refractivity contribution in [2.75, 3.05) is 5.73 Å². The molecule has 2 aromatic rings. The quantitative estimate of drug-likeness (QED) is 0.816. The van der Waals surface area contributed by atoms with Crippen LogP contribution in [0.25, 0.3) is 0 Å². The second-order valence-corrected chi connectivity index (χ2v) is 4.15. The van der Waals surface area contributed by atoms with Crippen LogP contribution in [0.1, 0.15) is 30.5 Å². The van der Waals surface area contributed by atoms with Crippen molar-refractivity contribution < 1.29 is 9.26 Å². The summed E-state index contributed by atoms with van der Waals surface area (Å²) in [6, 6.07) is 7.34. The molecule has 0 spiro atoms. The molecule has 0 amide bonds. The van der Waals surface area contributed by atoms with Crippen LogP contribution in [0.3, 0.4) is 0 Å². The minimum atomic E-state index is 0.282. The van der Waals surface area contributed by atoms with Crippen LogP contribution >= 0.6 is 0 Å². The van der Waals surface area contributed by atoms with Gasteiger partial charge < -0.3 is 15.0 Å². The van der Waals surface area contributed by atoms with Gasteiger partial charge in [0, 0.05) is 5.92 Å². The van der Waals surface area contributed by atoms with E-state index >= 15 is 0 Å². The van der Waals surface area contributed by atoms with Crippen LogP contribution in [-0.2, 0) is 6.61 Å². The van der Waals surface area contributed by atoms with Gasteiger partial charge in [0.05, 0.1) is 5.69 Å². The Morgan fingerprint density at radius 1 is 1.35 bits per heavy atom. The van der Waals surface area contributed by atoms with Gasteiger partial charge >= 0.3 is 0 Å². The molecule has 0 unspecified atom stereocenters. The van der Waals surface area contributed by atoms with Crippen molar-refractivity contribution in [3.8, 4) is 5.75 Å². The Bertz CT molecular complexity index is 520. The number of benzene rings is 1. The molecular weight excluding hydrogens is 218 g/mol. The number of anilines is 1. The van der Waals surface area contributed by atoms with Crippen LogP contribution in [0.15, 0.2) is 28.8 Å². The summed E-state index contributed by atoms with van der Waals surface area (Å²) >= 11 is 0. The maximum absolute atomic E-state index is 5.76. The van der Waals surface area contributed by atoms with Crippen molar-refractivity contribution in [3.63, 3.8) is 0 Å². The summed E-state index contributed by atoms with van der Waals surface area (Å²) in [7, 11) is 0. The minimum absolute atomic E-state index is 0.282. The molecule has 1 aliphatic rings. The zero-order chi connectivity index (χ0) is 11.7. The van der Waals surface area contributed by atoms with Crippen LogP contribution in [0.4, 0.5) is 5.69 Å². The maximum Gasteiger partial charge on any atom is 0.229 e. The molecule has 0 bridgehead atoms. The smallest absolute Gasteiger partial charge is 0.229 e. The van der Waals surface area contributed by atoms with E-state index in [1.54, 1.807) is 6.07 Å². The Labute approximate surface area is 98.6 Å². The monoisotopic (exact) mass is 231 g/mol. The van der Waals surface area contributed by atoms with Gasteiger partial charge in [-0.25, -0.2) is 0 Å². The summed E-state index contributed by atoms with van der Waals surface area (Å²) in [6.07, 6.45) is 2.29. The van der Waals surface area contributed by atoms with E-state index in [9.17, 15) is 0 Å². The fourth-order valence-corrected chi connectivity index (χ4v) is 1.58. The number of rotatable bonds is 4. The third-order valence-corrected chi connectivity index (χ3v) is 2.69. The SMILES string of the molecule is Nc1ccccc1OCc1noc(C2CC2)n1. The maximum atomic E-state index is 5.76. The fourth-order valence-electron chi connectivity index (χ4n) is 1.58. The largest absolute Gasteiger partial charge is 0.483 e. The van der Waals surface area contributed by atoms with E-state index in [-0.39, 0.29) is 6.61 Å². The average molecular weight is 231 g/mol. The highest BCUT2D eigenvalue weighted by Gasteiger charge is 2.29. The Morgan fingerprint density at radius 3 is 2.94 bits per heavy atom. The summed E-state index contributed by atoms with van der Waals surface area (Å²) < 4.78 is 10.7. The van der Waals surface area contributed by atoms with E-state index in [2.05, 4.69) is 10.1 Å². The summed E-state index contributed by atoms with van der Waals surface area (Å²) in [5.41, 5.74) is 6.37. The number of hydrogen-bond acceptors (Lipinski definition) is 5. The van der Waals surface area contributed by atoms with E-state index in [1.807, 2.05) is 18.2 Å². The first-order chi connectivity index (χ1) is 8.33. The topological polar surface area (TPSA) is 74.2 Å². The van der Waals surface area contributed by atoms with Crippen molar-refractivity contribution in [1.82, 2.24) is 10.1 Å². The number of hydrogen-bond donors (Lipinski definition) is 1. The van der Waals surface area contributed by atoms with E-state index in [0.717, 1.165) is 18.7 Å². The lowest BCUT2D eigenvalue weighted by Crippen LogP contribution is -2.00. The number of nitrogens with two attached hydrogens (primary N) is 1. The molecule has 1 aromatic carbocycles. The molecule has 1 saturated carbocycles. The zero-order valence-electron chi connectivity index (χ0n) is 9.30. The van der Waals surface area contributed by atoms with Crippen molar-refractivity contribution in [1.29, 1.82) is 0 Å². The van der Waals surface area contributed by atoms with Crippen molar-refractivity contribution >= 4 is 5.69 Å². The van der Waals surface area contributed by atoms with E-state index < -0.39 is 0 Å². The Kier molecular flexibility index (Phi) is 2.44. The molecule has 17 heavy (non-hydrogen) atoms. The number of ether oxygens (including phenoxy) is 1. The van der Waals surface area contributed by atoms with Gasteiger partial charge in [0.2, 0.25) is 11.7 Å². The predicted octanol–water partition coefficient (Wildman–Crippen LogP) is 2.11. The van der Waals surface area contributed by atoms with Gasteiger partial charge in [-0.15, -0.1) is 0 Å². The average Bonchev–Trinajstić information content (AvgIpc) is 3.08. The summed E-state index contributed by atoms with van der Waals surface area (Å²) in [4.78, 5) is 4.27. The number of nitrogens with zero attached hydrogens (tertiary/aromatic N) is 2. The highest BCUT2D eigenvalue weighted by Crippen LogP contribution is 2.38. The fraction of sp³-hybridized carbons (Fsp3) is 0.333. The third kappa shape index (κ3) is 2.22. The van der Waals surface area contributed by atoms with E-state index in [0.29, 0.717) is 23.2 Å². The highest BCUT2D eigenvalue weighted by atomic mass is 16.5. The van der Waals surface area contributed by atoms with E-state index in [1.165, 1.54) is 0 Å². The van der Waals surface area contributed by atoms with Gasteiger partial charge in [-0.2, -0.15) is 4.98 Å². The van der Waals surface area contributed by atoms with Gasteiger partial charge in [0.25, 0.3) is 0 Å². The molecule has 3 rings (SSSR count). The van der Waals surface area contributed by atoms with Gasteiger partial charge in [-0.1, -0.05) is 17.3 Å². The first-order valence-corrected chi connectivity index (χ1v) is 5.63. The predicted molar refractivity (Wildman–Crippen MR) is 61.5 cm³/mol. The normalized spacial score (nSPS) is 14.8. The molecular formula is C12H13N3O2. The lowest BCUT2D eigenvalue weighted by atomic mass is 10.3. The van der Waals surface area contributed by atoms with Crippen LogP contribution in [0.5, 0.6) is 5.75 Å². The van der Waals surface area contributed by atoms with Crippen molar-refractivity contribution in [2.45, 2.75) is 25.4 Å². The number of aromatic nitrogens is 2. The van der Waals surface area contributed by atoms with Crippen LogP contribution in [-0.4, -0.2) is 10.1 Å². The summed E-state index contributed by atoms with van der Waals surface area (Å²) in [5.74, 6) is 2.41. The molecule has 2 N–H and O–H groups in total. The first kappa shape index (κ1) is 10.1. The molecule has 0 aliphatic heterocycles. The Morgan fingerprint density at radius 2 is 2.18 bits per heavy atom. The molecule has 5 heteroatoms. The molecule has 5 nitrogen and oxygen atoms in total. The summed E-state index contributed by atoms with van der Waals surface area (Å²) in [6.45, 7) is 0.282. The molecule has 1 heterocycles. The first-order valence-electron chi connectivity index (χ1n) is 5.63. The number of nitrogen functional groups attached to an aromatic ring is 1. The molecule has 0 saturated heterocycles. The molecule has 88 valence electrons. The Balaban J connectivity index is 1.65. The van der Waals surface area contributed by atoms with Crippen LogP contribution in [0.2, 0.25) is 0 Å².